The Morgan fingerprint density at radius 1 is 1.14 bits per heavy atom. The quantitative estimate of drug-likeness (QED) is 0.637. The summed E-state index contributed by atoms with van der Waals surface area (Å²) in [6, 6.07) is 5.78. The van der Waals surface area contributed by atoms with Crippen molar-refractivity contribution in [2.45, 2.75) is 52.6 Å². The summed E-state index contributed by atoms with van der Waals surface area (Å²) in [5, 5.41) is 1.01. The van der Waals surface area contributed by atoms with Crippen LogP contribution < -0.4 is 0 Å². The van der Waals surface area contributed by atoms with Crippen molar-refractivity contribution in [1.29, 1.82) is 0 Å². The zero-order chi connectivity index (χ0) is 16.0. The molecule has 1 rings (SSSR count). The van der Waals surface area contributed by atoms with Crippen LogP contribution in [0.15, 0.2) is 24.3 Å². The lowest BCUT2D eigenvalue weighted by molar-refractivity contribution is -0.130. The monoisotopic (exact) mass is 327 g/mol. The Kier molecular flexibility index (Phi) is 7.27. The van der Waals surface area contributed by atoms with Gasteiger partial charge in [0.15, 0.2) is 0 Å². The summed E-state index contributed by atoms with van der Waals surface area (Å²) in [7, 11) is 0. The third-order valence-corrected chi connectivity index (χ3v) is 4.49. The van der Waals surface area contributed by atoms with Crippen molar-refractivity contribution in [2.75, 3.05) is 0 Å². The highest BCUT2D eigenvalue weighted by molar-refractivity contribution is 6.42. The lowest BCUT2D eigenvalue weighted by Gasteiger charge is -2.33. The van der Waals surface area contributed by atoms with Gasteiger partial charge in [-0.05, 0) is 50.5 Å². The Morgan fingerprint density at radius 2 is 1.71 bits per heavy atom. The van der Waals surface area contributed by atoms with Crippen LogP contribution in [-0.4, -0.2) is 22.9 Å². The largest absolute Gasteiger partial charge is 0.334 e. The topological polar surface area (TPSA) is 20.3 Å². The molecule has 0 bridgehead atoms. The molecule has 0 saturated heterocycles. The van der Waals surface area contributed by atoms with E-state index in [4.69, 9.17) is 23.2 Å². The van der Waals surface area contributed by atoms with Crippen LogP contribution in [0.2, 0.25) is 10.0 Å². The molecule has 0 aliphatic carbocycles. The van der Waals surface area contributed by atoms with E-state index in [9.17, 15) is 4.79 Å². The van der Waals surface area contributed by atoms with E-state index in [-0.39, 0.29) is 18.0 Å². The third-order valence-electron chi connectivity index (χ3n) is 3.75. The summed E-state index contributed by atoms with van der Waals surface area (Å²) in [6.45, 7) is 8.35. The molecule has 0 aliphatic rings. The molecule has 0 heterocycles. The van der Waals surface area contributed by atoms with Gasteiger partial charge in [-0.2, -0.15) is 0 Å². The first-order valence-corrected chi connectivity index (χ1v) is 8.11. The van der Waals surface area contributed by atoms with E-state index in [1.54, 1.807) is 24.3 Å². The molecule has 2 nitrogen and oxygen atoms in total. The van der Waals surface area contributed by atoms with Crippen molar-refractivity contribution >= 4 is 35.2 Å². The zero-order valence-electron chi connectivity index (χ0n) is 13.1. The fourth-order valence-corrected chi connectivity index (χ4v) is 2.44. The van der Waals surface area contributed by atoms with Gasteiger partial charge in [-0.3, -0.25) is 4.79 Å². The SMILES string of the molecule is CCC(C)N(C(=O)C=Cc1ccc(Cl)c(Cl)c1)C(C)CC. The Balaban J connectivity index is 2.89. The van der Waals surface area contributed by atoms with Crippen molar-refractivity contribution < 1.29 is 4.79 Å². The minimum atomic E-state index is 0.0322. The van der Waals surface area contributed by atoms with Gasteiger partial charge in [0, 0.05) is 18.2 Å². The molecular formula is C17H23Cl2NO. The highest BCUT2D eigenvalue weighted by Crippen LogP contribution is 2.23. The first-order chi connectivity index (χ1) is 9.90. The van der Waals surface area contributed by atoms with Crippen LogP contribution in [-0.2, 0) is 4.79 Å². The molecule has 1 aromatic carbocycles. The zero-order valence-corrected chi connectivity index (χ0v) is 14.6. The molecule has 0 aromatic heterocycles. The van der Waals surface area contributed by atoms with Crippen LogP contribution in [0, 0.1) is 0 Å². The van der Waals surface area contributed by atoms with Gasteiger partial charge < -0.3 is 4.90 Å². The van der Waals surface area contributed by atoms with Gasteiger partial charge in [-0.15, -0.1) is 0 Å². The number of carbonyl (C=O) groups is 1. The second-order valence-corrected chi connectivity index (χ2v) is 6.08. The predicted octanol–water partition coefficient (Wildman–Crippen LogP) is 5.43. The molecule has 0 radical (unpaired) electrons. The Labute approximate surface area is 137 Å². The number of nitrogens with zero attached hydrogens (tertiary/aromatic N) is 1. The number of amides is 1. The van der Waals surface area contributed by atoms with Crippen molar-refractivity contribution in [3.05, 3.63) is 39.9 Å². The minimum absolute atomic E-state index is 0.0322. The maximum atomic E-state index is 12.4. The molecule has 1 amide bonds. The molecule has 2 unspecified atom stereocenters. The maximum Gasteiger partial charge on any atom is 0.247 e. The number of carbonyl (C=O) groups excluding carboxylic acids is 1. The number of benzene rings is 1. The van der Waals surface area contributed by atoms with Crippen molar-refractivity contribution in [3.63, 3.8) is 0 Å². The van der Waals surface area contributed by atoms with E-state index in [0.717, 1.165) is 18.4 Å². The van der Waals surface area contributed by atoms with E-state index >= 15 is 0 Å². The summed E-state index contributed by atoms with van der Waals surface area (Å²) >= 11 is 11.9. The molecular weight excluding hydrogens is 305 g/mol. The molecule has 0 aliphatic heterocycles. The van der Waals surface area contributed by atoms with E-state index in [1.807, 2.05) is 11.0 Å². The first-order valence-electron chi connectivity index (χ1n) is 7.36. The van der Waals surface area contributed by atoms with Gasteiger partial charge in [-0.1, -0.05) is 43.1 Å². The van der Waals surface area contributed by atoms with Gasteiger partial charge in [0.25, 0.3) is 0 Å². The Morgan fingerprint density at radius 3 is 2.19 bits per heavy atom. The fourth-order valence-electron chi connectivity index (χ4n) is 2.13. The second kappa shape index (κ2) is 8.45. The van der Waals surface area contributed by atoms with Gasteiger partial charge in [-0.25, -0.2) is 0 Å². The maximum absolute atomic E-state index is 12.4. The molecule has 0 spiro atoms. The van der Waals surface area contributed by atoms with E-state index in [2.05, 4.69) is 27.7 Å². The molecule has 1 aromatic rings. The molecule has 0 saturated carbocycles. The van der Waals surface area contributed by atoms with E-state index < -0.39 is 0 Å². The molecule has 116 valence electrons. The summed E-state index contributed by atoms with van der Waals surface area (Å²) < 4.78 is 0. The van der Waals surface area contributed by atoms with Gasteiger partial charge in [0.2, 0.25) is 5.91 Å². The van der Waals surface area contributed by atoms with Crippen molar-refractivity contribution in [3.8, 4) is 0 Å². The van der Waals surface area contributed by atoms with Crippen LogP contribution in [0.1, 0.15) is 46.1 Å². The van der Waals surface area contributed by atoms with E-state index in [0.29, 0.717) is 10.0 Å². The standard InChI is InChI=1S/C17H23Cl2NO/c1-5-12(3)20(13(4)6-2)17(21)10-8-14-7-9-15(18)16(19)11-14/h7-13H,5-6H2,1-4H3. The first kappa shape index (κ1) is 18.1. The van der Waals surface area contributed by atoms with Crippen LogP contribution in [0.5, 0.6) is 0 Å². The van der Waals surface area contributed by atoms with Crippen LogP contribution >= 0.6 is 23.2 Å². The lowest BCUT2D eigenvalue weighted by atomic mass is 10.1. The van der Waals surface area contributed by atoms with Gasteiger partial charge in [0.05, 0.1) is 10.0 Å². The van der Waals surface area contributed by atoms with Crippen LogP contribution in [0.25, 0.3) is 6.08 Å². The number of hydrogen-bond acceptors (Lipinski definition) is 1. The number of halogens is 2. The third kappa shape index (κ3) is 5.05. The Bertz CT molecular complexity index is 504. The predicted molar refractivity (Wildman–Crippen MR) is 91.8 cm³/mol. The highest BCUT2D eigenvalue weighted by Gasteiger charge is 2.21. The van der Waals surface area contributed by atoms with E-state index in [1.165, 1.54) is 0 Å². The van der Waals surface area contributed by atoms with Gasteiger partial charge in [0.1, 0.15) is 0 Å². The van der Waals surface area contributed by atoms with Crippen molar-refractivity contribution in [1.82, 2.24) is 4.90 Å². The molecule has 0 fully saturated rings. The molecule has 21 heavy (non-hydrogen) atoms. The molecule has 0 N–H and O–H groups in total. The normalized spacial score (nSPS) is 14.2. The highest BCUT2D eigenvalue weighted by atomic mass is 35.5. The second-order valence-electron chi connectivity index (χ2n) is 5.27. The average Bonchev–Trinajstić information content (AvgIpc) is 2.48. The summed E-state index contributed by atoms with van der Waals surface area (Å²) in [6.07, 6.45) is 5.27. The number of hydrogen-bond donors (Lipinski definition) is 0. The minimum Gasteiger partial charge on any atom is -0.334 e. The average molecular weight is 328 g/mol. The number of rotatable bonds is 6. The summed E-state index contributed by atoms with van der Waals surface area (Å²) in [4.78, 5) is 14.4. The van der Waals surface area contributed by atoms with Gasteiger partial charge >= 0.3 is 0 Å². The van der Waals surface area contributed by atoms with Crippen LogP contribution in [0.3, 0.4) is 0 Å². The molecule has 4 heteroatoms. The lowest BCUT2D eigenvalue weighted by Crippen LogP contribution is -2.43. The molecule has 2 atom stereocenters. The smallest absolute Gasteiger partial charge is 0.247 e. The summed E-state index contributed by atoms with van der Waals surface area (Å²) in [5.74, 6) is 0.0322. The summed E-state index contributed by atoms with van der Waals surface area (Å²) in [5.41, 5.74) is 0.867. The Hall–Kier alpha value is -0.990. The van der Waals surface area contributed by atoms with Crippen molar-refractivity contribution in [2.24, 2.45) is 0 Å². The van der Waals surface area contributed by atoms with Crippen LogP contribution in [0.4, 0.5) is 0 Å². The fraction of sp³-hybridized carbons (Fsp3) is 0.471.